The first-order valence-electron chi connectivity index (χ1n) is 4.54. The van der Waals surface area contributed by atoms with Gasteiger partial charge in [0.05, 0.1) is 5.56 Å². The zero-order chi connectivity index (χ0) is 10.8. The van der Waals surface area contributed by atoms with Gasteiger partial charge < -0.3 is 5.11 Å². The first-order chi connectivity index (χ1) is 7.24. The number of hydrogen-bond donors (Lipinski definition) is 1. The second-order valence-electron chi connectivity index (χ2n) is 3.26. The van der Waals surface area contributed by atoms with Crippen LogP contribution in [0.25, 0.3) is 10.8 Å². The molecule has 2 aromatic rings. The van der Waals surface area contributed by atoms with Crippen LogP contribution in [-0.2, 0) is 5.33 Å². The predicted molar refractivity (Wildman–Crippen MR) is 63.5 cm³/mol. The Morgan fingerprint density at radius 3 is 2.47 bits per heavy atom. The van der Waals surface area contributed by atoms with Crippen molar-refractivity contribution >= 4 is 32.7 Å². The molecular weight excluding hydrogens is 256 g/mol. The van der Waals surface area contributed by atoms with Gasteiger partial charge in [-0.3, -0.25) is 0 Å². The Morgan fingerprint density at radius 1 is 1.13 bits per heavy atom. The van der Waals surface area contributed by atoms with Crippen molar-refractivity contribution in [3.8, 4) is 0 Å². The van der Waals surface area contributed by atoms with E-state index in [4.69, 9.17) is 5.11 Å². The Hall–Kier alpha value is -1.35. The summed E-state index contributed by atoms with van der Waals surface area (Å²) in [7, 11) is 0. The van der Waals surface area contributed by atoms with E-state index in [2.05, 4.69) is 15.9 Å². The van der Waals surface area contributed by atoms with E-state index in [1.165, 1.54) is 0 Å². The van der Waals surface area contributed by atoms with Gasteiger partial charge in [0, 0.05) is 5.33 Å². The topological polar surface area (TPSA) is 37.3 Å². The summed E-state index contributed by atoms with van der Waals surface area (Å²) in [6.07, 6.45) is 0. The minimum atomic E-state index is -0.882. The number of aromatic carboxylic acids is 1. The van der Waals surface area contributed by atoms with E-state index in [-0.39, 0.29) is 0 Å². The molecule has 0 aromatic heterocycles. The number of fused-ring (bicyclic) bond motifs is 1. The number of carboxylic acids is 1. The molecule has 0 unspecified atom stereocenters. The molecule has 2 nitrogen and oxygen atoms in total. The molecule has 2 rings (SSSR count). The Kier molecular flexibility index (Phi) is 2.73. The van der Waals surface area contributed by atoms with Crippen LogP contribution in [0.4, 0.5) is 0 Å². The lowest BCUT2D eigenvalue weighted by Gasteiger charge is -2.05. The molecule has 0 saturated heterocycles. The van der Waals surface area contributed by atoms with Gasteiger partial charge in [-0.25, -0.2) is 4.79 Å². The first kappa shape index (κ1) is 10.2. The minimum Gasteiger partial charge on any atom is -0.478 e. The van der Waals surface area contributed by atoms with Gasteiger partial charge >= 0.3 is 5.97 Å². The highest BCUT2D eigenvalue weighted by Gasteiger charge is 2.08. The van der Waals surface area contributed by atoms with E-state index >= 15 is 0 Å². The van der Waals surface area contributed by atoms with Crippen molar-refractivity contribution in [3.63, 3.8) is 0 Å². The average Bonchev–Trinajstić information content (AvgIpc) is 2.27. The van der Waals surface area contributed by atoms with Gasteiger partial charge in [-0.1, -0.05) is 46.3 Å². The van der Waals surface area contributed by atoms with E-state index < -0.39 is 5.97 Å². The number of alkyl halides is 1. The van der Waals surface area contributed by atoms with E-state index in [1.807, 2.05) is 24.3 Å². The minimum absolute atomic E-state index is 0.357. The summed E-state index contributed by atoms with van der Waals surface area (Å²) in [5.41, 5.74) is 1.46. The monoisotopic (exact) mass is 264 g/mol. The standard InChI is InChI=1S/C12H9BrO2/c13-7-8-3-1-5-10-9(8)4-2-6-11(10)12(14)15/h1-6H,7H2,(H,14,15). The molecular formula is C12H9BrO2. The molecule has 76 valence electrons. The summed E-state index contributed by atoms with van der Waals surface area (Å²) in [5.74, 6) is -0.882. The molecule has 0 fully saturated rings. The maximum absolute atomic E-state index is 11.0. The van der Waals surface area contributed by atoms with Crippen LogP contribution in [0.3, 0.4) is 0 Å². The highest BCUT2D eigenvalue weighted by Crippen LogP contribution is 2.23. The van der Waals surface area contributed by atoms with Gasteiger partial charge in [0.25, 0.3) is 0 Å². The molecule has 3 heteroatoms. The van der Waals surface area contributed by atoms with Crippen LogP contribution in [0.15, 0.2) is 36.4 Å². The summed E-state index contributed by atoms with van der Waals surface area (Å²) in [6.45, 7) is 0. The normalized spacial score (nSPS) is 10.5. The van der Waals surface area contributed by atoms with Crippen LogP contribution in [0.5, 0.6) is 0 Å². The summed E-state index contributed by atoms with van der Waals surface area (Å²) in [5, 5.41) is 11.6. The van der Waals surface area contributed by atoms with Crippen LogP contribution in [-0.4, -0.2) is 11.1 Å². The molecule has 0 spiro atoms. The molecule has 0 aliphatic carbocycles. The highest BCUT2D eigenvalue weighted by molar-refractivity contribution is 9.08. The van der Waals surface area contributed by atoms with Crippen molar-refractivity contribution < 1.29 is 9.90 Å². The van der Waals surface area contributed by atoms with Crippen LogP contribution in [0, 0.1) is 0 Å². The third-order valence-corrected chi connectivity index (χ3v) is 2.99. The fourth-order valence-electron chi connectivity index (χ4n) is 1.68. The molecule has 0 heterocycles. The van der Waals surface area contributed by atoms with Crippen LogP contribution < -0.4 is 0 Å². The van der Waals surface area contributed by atoms with Crippen molar-refractivity contribution in [2.75, 3.05) is 0 Å². The lowest BCUT2D eigenvalue weighted by Crippen LogP contribution is -1.97. The fourth-order valence-corrected chi connectivity index (χ4v) is 2.17. The lowest BCUT2D eigenvalue weighted by molar-refractivity contribution is 0.0699. The highest BCUT2D eigenvalue weighted by atomic mass is 79.9. The molecule has 0 radical (unpaired) electrons. The van der Waals surface area contributed by atoms with Gasteiger partial charge in [0.15, 0.2) is 0 Å². The maximum atomic E-state index is 11.0. The second-order valence-corrected chi connectivity index (χ2v) is 3.82. The molecule has 0 amide bonds. The fraction of sp³-hybridized carbons (Fsp3) is 0.0833. The van der Waals surface area contributed by atoms with Crippen molar-refractivity contribution in [1.82, 2.24) is 0 Å². The van der Waals surface area contributed by atoms with Crippen molar-refractivity contribution in [3.05, 3.63) is 47.5 Å². The number of rotatable bonds is 2. The molecule has 0 bridgehead atoms. The molecule has 2 aromatic carbocycles. The molecule has 0 atom stereocenters. The number of benzene rings is 2. The molecule has 0 aliphatic heterocycles. The molecule has 1 N–H and O–H groups in total. The number of carbonyl (C=O) groups is 1. The molecule has 15 heavy (non-hydrogen) atoms. The Bertz CT molecular complexity index is 520. The van der Waals surface area contributed by atoms with Crippen LogP contribution in [0.1, 0.15) is 15.9 Å². The van der Waals surface area contributed by atoms with E-state index in [9.17, 15) is 4.79 Å². The second kappa shape index (κ2) is 4.03. The third kappa shape index (κ3) is 1.75. The predicted octanol–water partition coefficient (Wildman–Crippen LogP) is 3.43. The lowest BCUT2D eigenvalue weighted by atomic mass is 10.0. The number of carboxylic acid groups (broad SMARTS) is 1. The van der Waals surface area contributed by atoms with Crippen molar-refractivity contribution in [2.24, 2.45) is 0 Å². The van der Waals surface area contributed by atoms with Gasteiger partial charge in [0.2, 0.25) is 0 Å². The van der Waals surface area contributed by atoms with Crippen molar-refractivity contribution in [1.29, 1.82) is 0 Å². The first-order valence-corrected chi connectivity index (χ1v) is 5.66. The van der Waals surface area contributed by atoms with Gasteiger partial charge in [-0.05, 0) is 22.4 Å². The van der Waals surface area contributed by atoms with E-state index in [0.29, 0.717) is 5.56 Å². The smallest absolute Gasteiger partial charge is 0.336 e. The van der Waals surface area contributed by atoms with Gasteiger partial charge in [-0.2, -0.15) is 0 Å². The van der Waals surface area contributed by atoms with Crippen LogP contribution >= 0.6 is 15.9 Å². The Balaban J connectivity index is 2.82. The van der Waals surface area contributed by atoms with E-state index in [1.54, 1.807) is 12.1 Å². The quantitative estimate of drug-likeness (QED) is 0.844. The Morgan fingerprint density at radius 2 is 1.80 bits per heavy atom. The van der Waals surface area contributed by atoms with E-state index in [0.717, 1.165) is 21.7 Å². The molecule has 0 saturated carbocycles. The Labute approximate surface area is 95.7 Å². The molecule has 0 aliphatic rings. The summed E-state index contributed by atoms with van der Waals surface area (Å²) in [6, 6.07) is 11.1. The van der Waals surface area contributed by atoms with Crippen molar-refractivity contribution in [2.45, 2.75) is 5.33 Å². The SMILES string of the molecule is O=C(O)c1cccc2c(CBr)cccc12. The van der Waals surface area contributed by atoms with Crippen LogP contribution in [0.2, 0.25) is 0 Å². The van der Waals surface area contributed by atoms with Gasteiger partial charge in [-0.15, -0.1) is 0 Å². The summed E-state index contributed by atoms with van der Waals surface area (Å²) < 4.78 is 0. The third-order valence-electron chi connectivity index (χ3n) is 2.39. The largest absolute Gasteiger partial charge is 0.478 e. The maximum Gasteiger partial charge on any atom is 0.336 e. The summed E-state index contributed by atoms with van der Waals surface area (Å²) in [4.78, 5) is 11.0. The van der Waals surface area contributed by atoms with Gasteiger partial charge in [0.1, 0.15) is 0 Å². The number of hydrogen-bond acceptors (Lipinski definition) is 1. The summed E-state index contributed by atoms with van der Waals surface area (Å²) >= 11 is 3.39. The zero-order valence-corrected chi connectivity index (χ0v) is 9.49. The zero-order valence-electron chi connectivity index (χ0n) is 7.90. The number of halogens is 1. The average molecular weight is 265 g/mol.